The van der Waals surface area contributed by atoms with E-state index in [0.29, 0.717) is 11.6 Å². The summed E-state index contributed by atoms with van der Waals surface area (Å²) in [5, 5.41) is 8.22. The van der Waals surface area contributed by atoms with Crippen molar-refractivity contribution in [3.63, 3.8) is 0 Å². The van der Waals surface area contributed by atoms with Crippen molar-refractivity contribution < 1.29 is 4.74 Å². The number of aliphatic imine (C=N–C) groups is 1. The molecule has 0 saturated heterocycles. The number of nitrogens with zero attached hydrogens (tertiary/aromatic N) is 4. The number of ether oxygens (including phenoxy) is 1. The topological polar surface area (TPSA) is 54.7 Å². The van der Waals surface area contributed by atoms with Gasteiger partial charge in [0.05, 0.1) is 12.7 Å². The summed E-state index contributed by atoms with van der Waals surface area (Å²) in [4.78, 5) is 6.80. The molecule has 0 amide bonds. The lowest BCUT2D eigenvalue weighted by Gasteiger charge is -2.22. The minimum absolute atomic E-state index is 0. The zero-order valence-corrected chi connectivity index (χ0v) is 18.7. The highest BCUT2D eigenvalue weighted by molar-refractivity contribution is 14.0. The highest BCUT2D eigenvalue weighted by atomic mass is 127. The van der Waals surface area contributed by atoms with E-state index in [2.05, 4.69) is 22.2 Å². The Kier molecular flexibility index (Phi) is 9.97. The third-order valence-electron chi connectivity index (χ3n) is 3.79. The van der Waals surface area contributed by atoms with Crippen LogP contribution < -0.4 is 5.32 Å². The Morgan fingerprint density at radius 3 is 2.81 bits per heavy atom. The van der Waals surface area contributed by atoms with Crippen LogP contribution in [0.1, 0.15) is 24.2 Å². The number of benzene rings is 1. The Balaban J connectivity index is 0.00000338. The number of rotatable bonds is 7. The molecular formula is C18H27ClIN5O. The van der Waals surface area contributed by atoms with Crippen molar-refractivity contribution in [1.29, 1.82) is 0 Å². The highest BCUT2D eigenvalue weighted by Gasteiger charge is 2.13. The van der Waals surface area contributed by atoms with E-state index in [9.17, 15) is 0 Å². The number of nitrogens with one attached hydrogen (secondary N) is 1. The van der Waals surface area contributed by atoms with Crippen LogP contribution >= 0.6 is 35.6 Å². The lowest BCUT2D eigenvalue weighted by molar-refractivity contribution is 0.110. The minimum Gasteiger partial charge on any atom is -0.375 e. The first-order valence-corrected chi connectivity index (χ1v) is 8.66. The van der Waals surface area contributed by atoms with Gasteiger partial charge in [0.2, 0.25) is 0 Å². The summed E-state index contributed by atoms with van der Waals surface area (Å²) in [5.41, 5.74) is 2.15. The van der Waals surface area contributed by atoms with E-state index >= 15 is 0 Å². The standard InChI is InChI=1S/C18H26ClN5O.HI/c1-5-20-18(23(2)12-14-10-22-24(3)13-14)21-11-17(25-4)15-7-6-8-16(19)9-15;/h6-10,13,17H,5,11-12H2,1-4H3,(H,20,21);1H. The van der Waals surface area contributed by atoms with Gasteiger partial charge in [0.25, 0.3) is 0 Å². The first kappa shape index (κ1) is 22.7. The second-order valence-corrected chi connectivity index (χ2v) is 6.29. The Morgan fingerprint density at radius 1 is 1.46 bits per heavy atom. The van der Waals surface area contributed by atoms with Gasteiger partial charge in [-0.2, -0.15) is 5.10 Å². The molecule has 0 aliphatic rings. The van der Waals surface area contributed by atoms with E-state index in [1.807, 2.05) is 50.8 Å². The van der Waals surface area contributed by atoms with Gasteiger partial charge in [-0.3, -0.25) is 9.67 Å². The molecule has 0 bridgehead atoms. The molecule has 1 heterocycles. The number of hydrogen-bond donors (Lipinski definition) is 1. The zero-order chi connectivity index (χ0) is 18.2. The van der Waals surface area contributed by atoms with Crippen molar-refractivity contribution in [3.8, 4) is 0 Å². The van der Waals surface area contributed by atoms with Crippen molar-refractivity contribution >= 4 is 41.5 Å². The zero-order valence-electron chi connectivity index (χ0n) is 15.6. The van der Waals surface area contributed by atoms with Gasteiger partial charge < -0.3 is 15.0 Å². The van der Waals surface area contributed by atoms with E-state index in [4.69, 9.17) is 21.3 Å². The molecule has 0 fully saturated rings. The first-order valence-electron chi connectivity index (χ1n) is 8.28. The number of halogens is 2. The molecule has 0 aliphatic carbocycles. The summed E-state index contributed by atoms with van der Waals surface area (Å²) in [6.45, 7) is 4.09. The molecule has 1 atom stereocenters. The third kappa shape index (κ3) is 6.77. The summed E-state index contributed by atoms with van der Waals surface area (Å²) >= 11 is 6.08. The molecule has 144 valence electrons. The molecule has 2 aromatic rings. The van der Waals surface area contributed by atoms with E-state index in [-0.39, 0.29) is 30.1 Å². The molecule has 1 aromatic carbocycles. The molecule has 26 heavy (non-hydrogen) atoms. The molecule has 0 spiro atoms. The maximum atomic E-state index is 6.08. The molecule has 1 unspecified atom stereocenters. The van der Waals surface area contributed by atoms with Crippen molar-refractivity contribution in [3.05, 3.63) is 52.8 Å². The van der Waals surface area contributed by atoms with Gasteiger partial charge in [-0.15, -0.1) is 24.0 Å². The smallest absolute Gasteiger partial charge is 0.194 e. The summed E-state index contributed by atoms with van der Waals surface area (Å²) in [5.74, 6) is 0.829. The highest BCUT2D eigenvalue weighted by Crippen LogP contribution is 2.20. The minimum atomic E-state index is -0.140. The molecule has 6 nitrogen and oxygen atoms in total. The van der Waals surface area contributed by atoms with Crippen LogP contribution in [-0.2, 0) is 18.3 Å². The maximum Gasteiger partial charge on any atom is 0.194 e. The molecule has 8 heteroatoms. The number of methoxy groups -OCH3 is 1. The monoisotopic (exact) mass is 491 g/mol. The summed E-state index contributed by atoms with van der Waals surface area (Å²) < 4.78 is 7.39. The van der Waals surface area contributed by atoms with Gasteiger partial charge in [-0.1, -0.05) is 23.7 Å². The van der Waals surface area contributed by atoms with Crippen molar-refractivity contribution in [2.45, 2.75) is 19.6 Å². The predicted octanol–water partition coefficient (Wildman–Crippen LogP) is 3.48. The fourth-order valence-corrected chi connectivity index (χ4v) is 2.76. The Labute approximate surface area is 177 Å². The second kappa shape index (κ2) is 11.4. The number of aryl methyl sites for hydroxylation is 1. The quantitative estimate of drug-likeness (QED) is 0.366. The van der Waals surface area contributed by atoms with Crippen molar-refractivity contribution in [2.24, 2.45) is 12.0 Å². The number of hydrogen-bond acceptors (Lipinski definition) is 3. The van der Waals surface area contributed by atoms with Gasteiger partial charge in [0.1, 0.15) is 6.10 Å². The SMILES string of the molecule is CCNC(=NCC(OC)c1cccc(Cl)c1)N(C)Cc1cnn(C)c1.I. The van der Waals surface area contributed by atoms with E-state index in [0.717, 1.165) is 30.2 Å². The Morgan fingerprint density at radius 2 is 2.23 bits per heavy atom. The van der Waals surface area contributed by atoms with Gasteiger partial charge in [-0.05, 0) is 24.6 Å². The lowest BCUT2D eigenvalue weighted by Crippen LogP contribution is -2.38. The van der Waals surface area contributed by atoms with Crippen molar-refractivity contribution in [1.82, 2.24) is 20.0 Å². The molecule has 0 saturated carbocycles. The summed E-state index contributed by atoms with van der Waals surface area (Å²) in [7, 11) is 5.61. The molecule has 0 aliphatic heterocycles. The fraction of sp³-hybridized carbons (Fsp3) is 0.444. The Hall–Kier alpha value is -1.32. The van der Waals surface area contributed by atoms with Crippen LogP contribution in [0, 0.1) is 0 Å². The second-order valence-electron chi connectivity index (χ2n) is 5.85. The van der Waals surface area contributed by atoms with Crippen LogP contribution in [0.3, 0.4) is 0 Å². The number of aromatic nitrogens is 2. The van der Waals surface area contributed by atoms with E-state index < -0.39 is 0 Å². The average molecular weight is 492 g/mol. The van der Waals surface area contributed by atoms with Crippen LogP contribution in [0.25, 0.3) is 0 Å². The van der Waals surface area contributed by atoms with Gasteiger partial charge in [0, 0.05) is 51.1 Å². The summed E-state index contributed by atoms with van der Waals surface area (Å²) in [6, 6.07) is 7.69. The molecule has 0 radical (unpaired) electrons. The molecular weight excluding hydrogens is 465 g/mol. The lowest BCUT2D eigenvalue weighted by atomic mass is 10.1. The van der Waals surface area contributed by atoms with E-state index in [1.54, 1.807) is 11.8 Å². The normalized spacial score (nSPS) is 12.4. The van der Waals surface area contributed by atoms with Crippen LogP contribution in [-0.4, -0.2) is 47.9 Å². The Bertz CT molecular complexity index is 706. The predicted molar refractivity (Wildman–Crippen MR) is 117 cm³/mol. The summed E-state index contributed by atoms with van der Waals surface area (Å²) in [6.07, 6.45) is 3.73. The van der Waals surface area contributed by atoms with Crippen LogP contribution in [0.4, 0.5) is 0 Å². The van der Waals surface area contributed by atoms with Gasteiger partial charge in [0.15, 0.2) is 5.96 Å². The largest absolute Gasteiger partial charge is 0.375 e. The molecule has 1 N–H and O–H groups in total. The number of guanidine groups is 1. The van der Waals surface area contributed by atoms with Gasteiger partial charge >= 0.3 is 0 Å². The average Bonchev–Trinajstić information content (AvgIpc) is 2.99. The third-order valence-corrected chi connectivity index (χ3v) is 4.02. The molecule has 1 aromatic heterocycles. The van der Waals surface area contributed by atoms with Gasteiger partial charge in [-0.25, -0.2) is 0 Å². The maximum absolute atomic E-state index is 6.08. The van der Waals surface area contributed by atoms with Crippen molar-refractivity contribution in [2.75, 3.05) is 27.2 Å². The van der Waals surface area contributed by atoms with Crippen LogP contribution in [0.2, 0.25) is 5.02 Å². The fourth-order valence-electron chi connectivity index (χ4n) is 2.56. The first-order chi connectivity index (χ1) is 12.0. The van der Waals surface area contributed by atoms with Crippen LogP contribution in [0.5, 0.6) is 0 Å². The molecule has 2 rings (SSSR count). The van der Waals surface area contributed by atoms with Crippen LogP contribution in [0.15, 0.2) is 41.7 Å². The van der Waals surface area contributed by atoms with E-state index in [1.165, 1.54) is 0 Å².